The monoisotopic (exact) mass is 179 g/mol. The summed E-state index contributed by atoms with van der Waals surface area (Å²) in [4.78, 5) is 5.52. The molecule has 0 aliphatic carbocycles. The fourth-order valence-electron chi connectivity index (χ4n) is 0.927. The van der Waals surface area contributed by atoms with Crippen molar-refractivity contribution in [3.8, 4) is 0 Å². The van der Waals surface area contributed by atoms with E-state index < -0.39 is 0 Å². The minimum absolute atomic E-state index is 1.000. The van der Waals surface area contributed by atoms with E-state index in [0.29, 0.717) is 0 Å². The third kappa shape index (κ3) is 2.05. The van der Waals surface area contributed by atoms with Crippen LogP contribution in [0.3, 0.4) is 0 Å². The Bertz CT molecular complexity index is 297. The zero-order chi connectivity index (χ0) is 8.97. The molecule has 0 aliphatic heterocycles. The maximum absolute atomic E-state index is 4.26. The first-order valence-electron chi connectivity index (χ1n) is 4.01. The van der Waals surface area contributed by atoms with E-state index in [9.17, 15) is 0 Å². The molecule has 1 heterocycles. The Labute approximate surface area is 77.5 Å². The van der Waals surface area contributed by atoms with Crippen molar-refractivity contribution in [1.29, 1.82) is 0 Å². The molecule has 0 saturated carbocycles. The van der Waals surface area contributed by atoms with Gasteiger partial charge in [-0.2, -0.15) is 0 Å². The molecular formula is C10H13NS. The molecule has 0 saturated heterocycles. The van der Waals surface area contributed by atoms with Crippen molar-refractivity contribution in [3.05, 3.63) is 34.3 Å². The minimum Gasteiger partial charge on any atom is -0.249 e. The van der Waals surface area contributed by atoms with Gasteiger partial charge in [-0.1, -0.05) is 25.2 Å². The van der Waals surface area contributed by atoms with Crippen LogP contribution in [-0.4, -0.2) is 4.98 Å². The zero-order valence-electron chi connectivity index (χ0n) is 7.50. The number of hydrogen-bond donors (Lipinski definition) is 0. The fraction of sp³-hybridized carbons (Fsp3) is 0.300. The molecule has 1 nitrogen and oxygen atoms in total. The second kappa shape index (κ2) is 4.21. The van der Waals surface area contributed by atoms with E-state index in [1.165, 1.54) is 16.1 Å². The second-order valence-electron chi connectivity index (χ2n) is 2.61. The largest absolute Gasteiger partial charge is 0.249 e. The quantitative estimate of drug-likeness (QED) is 0.649. The molecule has 1 aromatic rings. The third-order valence-electron chi connectivity index (χ3n) is 1.69. The lowest BCUT2D eigenvalue weighted by Gasteiger charge is -1.93. The highest BCUT2D eigenvalue weighted by atomic mass is 32.1. The van der Waals surface area contributed by atoms with Gasteiger partial charge in [0.25, 0.3) is 0 Å². The highest BCUT2D eigenvalue weighted by molar-refractivity contribution is 7.10. The average Bonchev–Trinajstić information content (AvgIpc) is 2.51. The van der Waals surface area contributed by atoms with E-state index in [0.717, 1.165) is 6.42 Å². The van der Waals surface area contributed by atoms with Gasteiger partial charge in [-0.3, -0.25) is 0 Å². The van der Waals surface area contributed by atoms with Crippen LogP contribution in [-0.2, 0) is 6.42 Å². The van der Waals surface area contributed by atoms with Gasteiger partial charge in [0.05, 0.1) is 16.1 Å². The molecule has 0 bridgehead atoms. The molecule has 0 aliphatic rings. The van der Waals surface area contributed by atoms with E-state index in [2.05, 4.69) is 24.6 Å². The topological polar surface area (TPSA) is 12.9 Å². The molecule has 12 heavy (non-hydrogen) atoms. The first-order valence-corrected chi connectivity index (χ1v) is 4.89. The van der Waals surface area contributed by atoms with Crippen LogP contribution in [0.15, 0.2) is 23.7 Å². The number of nitrogens with zero attached hydrogens (tertiary/aromatic N) is 1. The number of aryl methyl sites for hydroxylation is 1. The maximum atomic E-state index is 4.26. The van der Waals surface area contributed by atoms with Crippen molar-refractivity contribution in [2.24, 2.45) is 0 Å². The second-order valence-corrected chi connectivity index (χ2v) is 3.50. The van der Waals surface area contributed by atoms with Crippen LogP contribution in [0.25, 0.3) is 6.08 Å². The number of allylic oxidation sites excluding steroid dienone is 2. The van der Waals surface area contributed by atoms with Gasteiger partial charge in [0.2, 0.25) is 0 Å². The van der Waals surface area contributed by atoms with Crippen molar-refractivity contribution < 1.29 is 0 Å². The summed E-state index contributed by atoms with van der Waals surface area (Å²) in [5.41, 5.74) is 4.26. The van der Waals surface area contributed by atoms with Crippen LogP contribution in [0.4, 0.5) is 0 Å². The molecule has 0 atom stereocenters. The van der Waals surface area contributed by atoms with Gasteiger partial charge in [0.15, 0.2) is 0 Å². The summed E-state index contributed by atoms with van der Waals surface area (Å²) in [6, 6.07) is 0. The Hall–Kier alpha value is -0.890. The van der Waals surface area contributed by atoms with E-state index >= 15 is 0 Å². The van der Waals surface area contributed by atoms with Crippen molar-refractivity contribution in [2.75, 3.05) is 0 Å². The number of hydrogen-bond acceptors (Lipinski definition) is 2. The Morgan fingerprint density at radius 1 is 1.75 bits per heavy atom. The molecule has 64 valence electrons. The molecule has 0 unspecified atom stereocenters. The summed E-state index contributed by atoms with van der Waals surface area (Å²) in [7, 11) is 0. The Kier molecular flexibility index (Phi) is 3.23. The van der Waals surface area contributed by atoms with Crippen LogP contribution >= 0.6 is 11.3 Å². The summed E-state index contributed by atoms with van der Waals surface area (Å²) in [6.07, 6.45) is 4.99. The average molecular weight is 179 g/mol. The molecule has 1 aromatic heterocycles. The lowest BCUT2D eigenvalue weighted by Crippen LogP contribution is -1.81. The molecule has 0 N–H and O–H groups in total. The van der Waals surface area contributed by atoms with Crippen LogP contribution < -0.4 is 0 Å². The summed E-state index contributed by atoms with van der Waals surface area (Å²) in [6.45, 7) is 7.88. The fourth-order valence-corrected chi connectivity index (χ4v) is 1.81. The van der Waals surface area contributed by atoms with Gasteiger partial charge in [-0.15, -0.1) is 11.3 Å². The van der Waals surface area contributed by atoms with Crippen LogP contribution in [0.1, 0.15) is 24.4 Å². The van der Waals surface area contributed by atoms with Gasteiger partial charge in [0.1, 0.15) is 0 Å². The van der Waals surface area contributed by atoms with Crippen molar-refractivity contribution in [1.82, 2.24) is 4.98 Å². The van der Waals surface area contributed by atoms with Gasteiger partial charge >= 0.3 is 0 Å². The van der Waals surface area contributed by atoms with Crippen molar-refractivity contribution in [3.63, 3.8) is 0 Å². The van der Waals surface area contributed by atoms with E-state index in [4.69, 9.17) is 0 Å². The summed E-state index contributed by atoms with van der Waals surface area (Å²) in [5, 5.41) is 0. The van der Waals surface area contributed by atoms with Crippen LogP contribution in [0, 0.1) is 0 Å². The predicted molar refractivity (Wildman–Crippen MR) is 55.3 cm³/mol. The van der Waals surface area contributed by atoms with Gasteiger partial charge in [-0.05, 0) is 19.4 Å². The van der Waals surface area contributed by atoms with E-state index in [1.54, 1.807) is 11.3 Å². The summed E-state index contributed by atoms with van der Waals surface area (Å²) >= 11 is 1.68. The summed E-state index contributed by atoms with van der Waals surface area (Å²) < 4.78 is 0. The lowest BCUT2D eigenvalue weighted by atomic mass is 10.2. The van der Waals surface area contributed by atoms with Crippen LogP contribution in [0.2, 0.25) is 0 Å². The van der Waals surface area contributed by atoms with E-state index in [1.807, 2.05) is 18.5 Å². The van der Waals surface area contributed by atoms with Crippen LogP contribution in [0.5, 0.6) is 0 Å². The molecule has 0 spiro atoms. The van der Waals surface area contributed by atoms with Crippen molar-refractivity contribution >= 4 is 17.4 Å². The Balaban J connectivity index is 2.94. The smallest absolute Gasteiger partial charge is 0.0801 e. The standard InChI is InChI=1S/C10H13NS/c1-4-8(3)6-10-9(5-2)11-7-12-10/h4,6-7H,1,5H2,2-3H3/b8-6-. The Morgan fingerprint density at radius 2 is 2.50 bits per heavy atom. The highest BCUT2D eigenvalue weighted by Gasteiger charge is 1.99. The first kappa shape index (κ1) is 9.20. The number of thiazole rings is 1. The first-order chi connectivity index (χ1) is 5.77. The predicted octanol–water partition coefficient (Wildman–Crippen LogP) is 3.29. The van der Waals surface area contributed by atoms with Gasteiger partial charge in [-0.25, -0.2) is 4.98 Å². The summed E-state index contributed by atoms with van der Waals surface area (Å²) in [5.74, 6) is 0. The van der Waals surface area contributed by atoms with E-state index in [-0.39, 0.29) is 0 Å². The molecule has 0 radical (unpaired) electrons. The highest BCUT2D eigenvalue weighted by Crippen LogP contribution is 2.17. The number of rotatable bonds is 3. The maximum Gasteiger partial charge on any atom is 0.0801 e. The molecular weight excluding hydrogens is 166 g/mol. The van der Waals surface area contributed by atoms with Crippen molar-refractivity contribution in [2.45, 2.75) is 20.3 Å². The van der Waals surface area contributed by atoms with Gasteiger partial charge in [0, 0.05) is 0 Å². The lowest BCUT2D eigenvalue weighted by molar-refractivity contribution is 1.06. The molecule has 2 heteroatoms. The normalized spacial score (nSPS) is 11.7. The third-order valence-corrected chi connectivity index (χ3v) is 2.51. The molecule has 1 rings (SSSR count). The molecule has 0 aromatic carbocycles. The zero-order valence-corrected chi connectivity index (χ0v) is 8.32. The molecule has 0 amide bonds. The van der Waals surface area contributed by atoms with Gasteiger partial charge < -0.3 is 0 Å². The molecule has 0 fully saturated rings. The minimum atomic E-state index is 1.000. The number of aromatic nitrogens is 1. The Morgan fingerprint density at radius 3 is 3.08 bits per heavy atom. The SMILES string of the molecule is C=C/C(C)=C\c1scnc1CC.